The van der Waals surface area contributed by atoms with Crippen molar-refractivity contribution in [3.8, 4) is 0 Å². The number of aromatic nitrogens is 1. The molecular weight excluding hydrogens is 475 g/mol. The van der Waals surface area contributed by atoms with Gasteiger partial charge in [-0.25, -0.2) is 23.6 Å². The number of amides is 1. The van der Waals surface area contributed by atoms with E-state index in [0.29, 0.717) is 10.5 Å². The minimum absolute atomic E-state index is 0.0155. The van der Waals surface area contributed by atoms with Crippen molar-refractivity contribution in [3.05, 3.63) is 86.7 Å². The van der Waals surface area contributed by atoms with Gasteiger partial charge in [-0.05, 0) is 33.6 Å². The lowest BCUT2D eigenvalue weighted by Crippen LogP contribution is -2.25. The number of anilines is 2. The van der Waals surface area contributed by atoms with Crippen LogP contribution in [0.1, 0.15) is 15.9 Å². The van der Waals surface area contributed by atoms with Gasteiger partial charge < -0.3 is 5.32 Å². The lowest BCUT2D eigenvalue weighted by Gasteiger charge is -2.14. The van der Waals surface area contributed by atoms with Gasteiger partial charge in [0.15, 0.2) is 17.5 Å². The molecule has 1 amide bonds. The van der Waals surface area contributed by atoms with Crippen LogP contribution in [-0.2, 0) is 11.4 Å². The predicted molar refractivity (Wildman–Crippen MR) is 105 cm³/mol. The van der Waals surface area contributed by atoms with Crippen molar-refractivity contribution in [1.82, 2.24) is 10.5 Å². The first-order valence-corrected chi connectivity index (χ1v) is 9.25. The maximum atomic E-state index is 14.4. The van der Waals surface area contributed by atoms with Gasteiger partial charge in [0.1, 0.15) is 5.82 Å². The average molecular weight is 487 g/mol. The highest BCUT2D eigenvalue weighted by Gasteiger charge is 2.24. The molecule has 0 bridgehead atoms. The largest absolute Gasteiger partial charge is 0.336 e. The molecule has 1 aromatic heterocycles. The number of halogens is 5. The van der Waals surface area contributed by atoms with Crippen LogP contribution >= 0.6 is 27.5 Å². The van der Waals surface area contributed by atoms with E-state index in [1.807, 2.05) is 6.07 Å². The molecule has 0 spiro atoms. The quantitative estimate of drug-likeness (QED) is 0.356. The van der Waals surface area contributed by atoms with Gasteiger partial charge in [0.2, 0.25) is 0 Å². The second-order valence-corrected chi connectivity index (χ2v) is 7.05. The Morgan fingerprint density at radius 1 is 1.14 bits per heavy atom. The van der Waals surface area contributed by atoms with Gasteiger partial charge in [-0.15, -0.1) is 0 Å². The minimum Gasteiger partial charge on any atom is -0.336 e. The zero-order chi connectivity index (χ0) is 21.0. The molecule has 3 aromatic rings. The summed E-state index contributed by atoms with van der Waals surface area (Å²) in [4.78, 5) is 21.4. The smallest absolute Gasteiger partial charge is 0.277 e. The van der Waals surface area contributed by atoms with Gasteiger partial charge >= 0.3 is 0 Å². The van der Waals surface area contributed by atoms with Crippen molar-refractivity contribution in [2.45, 2.75) is 6.61 Å². The second-order valence-electron chi connectivity index (χ2n) is 5.72. The topological polar surface area (TPSA) is 63.2 Å². The standard InChI is InChI=1S/C19H12BrClF3N3O2/c20-11-6-13(21)18(25-8-11)26-17-12(7-14(22)15(23)16(17)24)19(28)27-29-9-10-4-2-1-3-5-10/h1-8H,9H2,(H,25,26)(H,27,28). The van der Waals surface area contributed by atoms with Gasteiger partial charge in [-0.2, -0.15) is 0 Å². The summed E-state index contributed by atoms with van der Waals surface area (Å²) in [5.74, 6) is -5.92. The lowest BCUT2D eigenvalue weighted by molar-refractivity contribution is 0.0233. The SMILES string of the molecule is O=C(NOCc1ccccc1)c1cc(F)c(F)c(F)c1Nc1ncc(Br)cc1Cl. The van der Waals surface area contributed by atoms with E-state index in [1.54, 1.807) is 24.3 Å². The molecule has 0 atom stereocenters. The van der Waals surface area contributed by atoms with Crippen LogP contribution in [0.2, 0.25) is 5.02 Å². The van der Waals surface area contributed by atoms with Crippen LogP contribution in [0.4, 0.5) is 24.7 Å². The van der Waals surface area contributed by atoms with E-state index in [1.165, 1.54) is 12.3 Å². The molecule has 0 aliphatic carbocycles. The second kappa shape index (κ2) is 9.25. The summed E-state index contributed by atoms with van der Waals surface area (Å²) < 4.78 is 42.4. The number of carbonyl (C=O) groups is 1. The third-order valence-electron chi connectivity index (χ3n) is 3.70. The van der Waals surface area contributed by atoms with Crippen molar-refractivity contribution < 1.29 is 22.8 Å². The molecule has 5 nitrogen and oxygen atoms in total. The van der Waals surface area contributed by atoms with Gasteiger partial charge in [0, 0.05) is 10.7 Å². The number of rotatable bonds is 6. The van der Waals surface area contributed by atoms with E-state index >= 15 is 0 Å². The molecule has 3 rings (SSSR count). The Labute approximate surface area is 176 Å². The van der Waals surface area contributed by atoms with Gasteiger partial charge in [-0.3, -0.25) is 9.63 Å². The van der Waals surface area contributed by atoms with Crippen molar-refractivity contribution >= 4 is 44.9 Å². The maximum Gasteiger partial charge on any atom is 0.277 e. The summed E-state index contributed by atoms with van der Waals surface area (Å²) >= 11 is 9.18. The van der Waals surface area contributed by atoms with E-state index in [2.05, 4.69) is 31.7 Å². The number of hydroxylamine groups is 1. The summed E-state index contributed by atoms with van der Waals surface area (Å²) in [5, 5.41) is 2.50. The minimum atomic E-state index is -1.75. The molecular formula is C19H12BrClF3N3O2. The Hall–Kier alpha value is -2.62. The van der Waals surface area contributed by atoms with Crippen LogP contribution in [0.3, 0.4) is 0 Å². The van der Waals surface area contributed by atoms with Crippen LogP contribution in [0.5, 0.6) is 0 Å². The summed E-state index contributed by atoms with van der Waals surface area (Å²) in [5.41, 5.74) is 1.66. The third-order valence-corrected chi connectivity index (χ3v) is 4.43. The van der Waals surface area contributed by atoms with Crippen LogP contribution in [0.15, 0.2) is 53.1 Å². The molecule has 2 aromatic carbocycles. The highest BCUT2D eigenvalue weighted by atomic mass is 79.9. The molecule has 29 heavy (non-hydrogen) atoms. The fourth-order valence-corrected chi connectivity index (χ4v) is 3.01. The zero-order valence-corrected chi connectivity index (χ0v) is 16.8. The van der Waals surface area contributed by atoms with E-state index in [9.17, 15) is 18.0 Å². The van der Waals surface area contributed by atoms with E-state index in [-0.39, 0.29) is 17.4 Å². The lowest BCUT2D eigenvalue weighted by atomic mass is 10.1. The third kappa shape index (κ3) is 5.06. The fourth-order valence-electron chi connectivity index (χ4n) is 2.34. The maximum absolute atomic E-state index is 14.4. The molecule has 0 fully saturated rings. The van der Waals surface area contributed by atoms with Crippen LogP contribution in [0, 0.1) is 17.5 Å². The Bertz CT molecular complexity index is 1050. The van der Waals surface area contributed by atoms with E-state index in [4.69, 9.17) is 16.4 Å². The zero-order valence-electron chi connectivity index (χ0n) is 14.5. The first-order chi connectivity index (χ1) is 13.9. The molecule has 0 saturated heterocycles. The molecule has 0 aliphatic rings. The molecule has 0 radical (unpaired) electrons. The van der Waals surface area contributed by atoms with Crippen molar-refractivity contribution in [3.63, 3.8) is 0 Å². The number of pyridine rings is 1. The summed E-state index contributed by atoms with van der Waals surface area (Å²) in [6, 6.07) is 10.9. The summed E-state index contributed by atoms with van der Waals surface area (Å²) in [7, 11) is 0. The van der Waals surface area contributed by atoms with Gasteiger partial charge in [-0.1, -0.05) is 41.9 Å². The molecule has 1 heterocycles. The number of carbonyl (C=O) groups excluding carboxylic acids is 1. The van der Waals surface area contributed by atoms with Crippen LogP contribution < -0.4 is 10.8 Å². The fraction of sp³-hybridized carbons (Fsp3) is 0.0526. The molecule has 150 valence electrons. The van der Waals surface area contributed by atoms with Gasteiger partial charge in [0.05, 0.1) is 22.9 Å². The highest BCUT2D eigenvalue weighted by Crippen LogP contribution is 2.31. The number of hydrogen-bond donors (Lipinski definition) is 2. The Morgan fingerprint density at radius 3 is 2.55 bits per heavy atom. The molecule has 0 saturated carbocycles. The summed E-state index contributed by atoms with van der Waals surface area (Å²) in [6.45, 7) is 0.0155. The Balaban J connectivity index is 1.85. The van der Waals surface area contributed by atoms with Crippen molar-refractivity contribution in [2.24, 2.45) is 0 Å². The predicted octanol–water partition coefficient (Wildman–Crippen LogP) is 5.52. The van der Waals surface area contributed by atoms with Crippen molar-refractivity contribution in [1.29, 1.82) is 0 Å². The first kappa shape index (κ1) is 21.1. The number of nitrogens with one attached hydrogen (secondary N) is 2. The highest BCUT2D eigenvalue weighted by molar-refractivity contribution is 9.10. The average Bonchev–Trinajstić information content (AvgIpc) is 2.70. The van der Waals surface area contributed by atoms with Crippen LogP contribution in [-0.4, -0.2) is 10.9 Å². The first-order valence-electron chi connectivity index (χ1n) is 8.08. The number of benzene rings is 2. The number of hydrogen-bond acceptors (Lipinski definition) is 4. The Kier molecular flexibility index (Phi) is 6.73. The van der Waals surface area contributed by atoms with Gasteiger partial charge in [0.25, 0.3) is 5.91 Å². The Morgan fingerprint density at radius 2 is 1.86 bits per heavy atom. The van der Waals surface area contributed by atoms with Crippen LogP contribution in [0.25, 0.3) is 0 Å². The number of nitrogens with zero attached hydrogens (tertiary/aromatic N) is 1. The monoisotopic (exact) mass is 485 g/mol. The molecule has 2 N–H and O–H groups in total. The normalized spacial score (nSPS) is 10.7. The van der Waals surface area contributed by atoms with E-state index in [0.717, 1.165) is 5.56 Å². The van der Waals surface area contributed by atoms with Crippen molar-refractivity contribution in [2.75, 3.05) is 5.32 Å². The summed E-state index contributed by atoms with van der Waals surface area (Å²) in [6.07, 6.45) is 1.36. The molecule has 10 heteroatoms. The molecule has 0 unspecified atom stereocenters. The molecule has 0 aliphatic heterocycles. The van der Waals surface area contributed by atoms with E-state index < -0.39 is 34.6 Å².